The SMILES string of the molecule is Cc1c(NC(=O)c2ccc(=O)n(C)n2)cccc1-c1nc2cccnc2s1. The molecule has 8 heteroatoms. The highest BCUT2D eigenvalue weighted by Crippen LogP contribution is 2.33. The lowest BCUT2D eigenvalue weighted by Crippen LogP contribution is -2.23. The largest absolute Gasteiger partial charge is 0.320 e. The first-order valence-corrected chi connectivity index (χ1v) is 9.02. The fourth-order valence-electron chi connectivity index (χ4n) is 2.70. The number of hydrogen-bond acceptors (Lipinski definition) is 6. The highest BCUT2D eigenvalue weighted by atomic mass is 32.1. The Hall–Kier alpha value is -3.39. The summed E-state index contributed by atoms with van der Waals surface area (Å²) in [5, 5.41) is 7.69. The van der Waals surface area contributed by atoms with Gasteiger partial charge < -0.3 is 5.32 Å². The van der Waals surface area contributed by atoms with Crippen LogP contribution in [0.1, 0.15) is 16.1 Å². The van der Waals surface area contributed by atoms with Crippen molar-refractivity contribution in [2.24, 2.45) is 7.05 Å². The lowest BCUT2D eigenvalue weighted by Gasteiger charge is -2.11. The fourth-order valence-corrected chi connectivity index (χ4v) is 3.69. The van der Waals surface area contributed by atoms with Crippen molar-refractivity contribution in [1.29, 1.82) is 0 Å². The Morgan fingerprint density at radius 2 is 2.00 bits per heavy atom. The number of aromatic nitrogens is 4. The van der Waals surface area contributed by atoms with Crippen molar-refractivity contribution in [2.45, 2.75) is 6.92 Å². The van der Waals surface area contributed by atoms with Crippen LogP contribution in [0.5, 0.6) is 0 Å². The van der Waals surface area contributed by atoms with E-state index < -0.39 is 0 Å². The Bertz CT molecular complexity index is 1200. The molecule has 0 saturated heterocycles. The van der Waals surface area contributed by atoms with Crippen molar-refractivity contribution in [2.75, 3.05) is 5.32 Å². The minimum Gasteiger partial charge on any atom is -0.320 e. The van der Waals surface area contributed by atoms with Crippen LogP contribution in [-0.4, -0.2) is 25.7 Å². The maximum Gasteiger partial charge on any atom is 0.276 e. The van der Waals surface area contributed by atoms with Gasteiger partial charge in [0.25, 0.3) is 11.5 Å². The van der Waals surface area contributed by atoms with Crippen LogP contribution in [0, 0.1) is 6.92 Å². The topological polar surface area (TPSA) is 89.8 Å². The second-order valence-electron chi connectivity index (χ2n) is 5.96. The van der Waals surface area contributed by atoms with E-state index in [0.29, 0.717) is 5.69 Å². The summed E-state index contributed by atoms with van der Waals surface area (Å²) >= 11 is 1.51. The Labute approximate surface area is 158 Å². The monoisotopic (exact) mass is 377 g/mol. The lowest BCUT2D eigenvalue weighted by atomic mass is 10.1. The van der Waals surface area contributed by atoms with E-state index in [1.807, 2.05) is 37.3 Å². The van der Waals surface area contributed by atoms with Gasteiger partial charge in [0.2, 0.25) is 0 Å². The number of rotatable bonds is 3. The maximum absolute atomic E-state index is 12.5. The molecule has 3 aromatic heterocycles. The Morgan fingerprint density at radius 3 is 2.78 bits per heavy atom. The molecule has 7 nitrogen and oxygen atoms in total. The molecule has 1 N–H and O–H groups in total. The molecule has 0 fully saturated rings. The van der Waals surface area contributed by atoms with E-state index in [4.69, 9.17) is 0 Å². The highest BCUT2D eigenvalue weighted by molar-refractivity contribution is 7.21. The first-order chi connectivity index (χ1) is 13.0. The van der Waals surface area contributed by atoms with Crippen LogP contribution in [0.2, 0.25) is 0 Å². The van der Waals surface area contributed by atoms with Crippen LogP contribution in [0.3, 0.4) is 0 Å². The minimum absolute atomic E-state index is 0.172. The molecule has 4 aromatic rings. The first-order valence-electron chi connectivity index (χ1n) is 8.20. The molecule has 0 unspecified atom stereocenters. The molecule has 134 valence electrons. The second kappa shape index (κ2) is 6.73. The molecule has 0 aliphatic rings. The van der Waals surface area contributed by atoms with Gasteiger partial charge >= 0.3 is 0 Å². The van der Waals surface area contributed by atoms with E-state index in [2.05, 4.69) is 20.4 Å². The van der Waals surface area contributed by atoms with E-state index in [-0.39, 0.29) is 17.2 Å². The summed E-state index contributed by atoms with van der Waals surface area (Å²) in [6.45, 7) is 1.93. The third kappa shape index (κ3) is 3.22. The van der Waals surface area contributed by atoms with E-state index >= 15 is 0 Å². The average molecular weight is 377 g/mol. The van der Waals surface area contributed by atoms with Gasteiger partial charge in [-0.2, -0.15) is 5.10 Å². The highest BCUT2D eigenvalue weighted by Gasteiger charge is 2.15. The van der Waals surface area contributed by atoms with Crippen molar-refractivity contribution in [3.05, 3.63) is 70.3 Å². The molecular weight excluding hydrogens is 362 g/mol. The zero-order chi connectivity index (χ0) is 19.0. The summed E-state index contributed by atoms with van der Waals surface area (Å²) in [4.78, 5) is 33.8. The van der Waals surface area contributed by atoms with Gasteiger partial charge in [0.1, 0.15) is 21.0 Å². The molecule has 0 spiro atoms. The van der Waals surface area contributed by atoms with Gasteiger partial charge in [0.05, 0.1) is 0 Å². The molecular formula is C19H15N5O2S. The molecule has 1 amide bonds. The summed E-state index contributed by atoms with van der Waals surface area (Å²) in [6, 6.07) is 12.2. The van der Waals surface area contributed by atoms with Crippen LogP contribution >= 0.6 is 11.3 Å². The predicted octanol–water partition coefficient (Wildman–Crippen LogP) is 3.01. The summed E-state index contributed by atoms with van der Waals surface area (Å²) < 4.78 is 1.13. The number of anilines is 1. The molecule has 0 aliphatic carbocycles. The standard InChI is InChI=1S/C19H15N5O2S/c1-11-12(18-22-15-7-4-10-20-19(15)27-18)5-3-6-13(11)21-17(26)14-8-9-16(25)24(2)23-14/h3-10H,1-2H3,(H,21,26). The van der Waals surface area contributed by atoms with Gasteiger partial charge in [0, 0.05) is 30.6 Å². The smallest absolute Gasteiger partial charge is 0.276 e. The summed E-state index contributed by atoms with van der Waals surface area (Å²) in [7, 11) is 1.51. The van der Waals surface area contributed by atoms with Crippen molar-refractivity contribution in [3.63, 3.8) is 0 Å². The second-order valence-corrected chi connectivity index (χ2v) is 6.94. The number of nitrogens with zero attached hydrogens (tertiary/aromatic N) is 4. The van der Waals surface area contributed by atoms with E-state index in [1.54, 1.807) is 6.20 Å². The molecule has 3 heterocycles. The van der Waals surface area contributed by atoms with E-state index in [1.165, 1.54) is 30.5 Å². The minimum atomic E-state index is -0.378. The van der Waals surface area contributed by atoms with Crippen molar-refractivity contribution in [1.82, 2.24) is 19.7 Å². The number of benzene rings is 1. The quantitative estimate of drug-likeness (QED) is 0.593. The predicted molar refractivity (Wildman–Crippen MR) is 105 cm³/mol. The molecule has 0 bridgehead atoms. The van der Waals surface area contributed by atoms with Crippen LogP contribution in [0.25, 0.3) is 20.9 Å². The van der Waals surface area contributed by atoms with E-state index in [9.17, 15) is 9.59 Å². The van der Waals surface area contributed by atoms with Gasteiger partial charge in [-0.25, -0.2) is 14.6 Å². The molecule has 0 aliphatic heterocycles. The van der Waals surface area contributed by atoms with Gasteiger partial charge in [0.15, 0.2) is 0 Å². The molecule has 4 rings (SSSR count). The average Bonchev–Trinajstić information content (AvgIpc) is 3.09. The molecule has 1 aromatic carbocycles. The molecule has 0 atom stereocenters. The molecule has 0 radical (unpaired) electrons. The number of hydrogen-bond donors (Lipinski definition) is 1. The fraction of sp³-hybridized carbons (Fsp3) is 0.105. The summed E-state index contributed by atoms with van der Waals surface area (Å²) in [5.41, 5.74) is 3.25. The van der Waals surface area contributed by atoms with E-state index in [0.717, 1.165) is 31.2 Å². The zero-order valence-corrected chi connectivity index (χ0v) is 15.4. The maximum atomic E-state index is 12.5. The molecule has 27 heavy (non-hydrogen) atoms. The van der Waals surface area contributed by atoms with Crippen LogP contribution < -0.4 is 10.9 Å². The Morgan fingerprint density at radius 1 is 1.15 bits per heavy atom. The summed E-state index contributed by atoms with van der Waals surface area (Å²) in [6.07, 6.45) is 1.74. The number of fused-ring (bicyclic) bond motifs is 1. The van der Waals surface area contributed by atoms with Gasteiger partial charge in [-0.15, -0.1) is 0 Å². The zero-order valence-electron chi connectivity index (χ0n) is 14.6. The van der Waals surface area contributed by atoms with Crippen LogP contribution in [0.15, 0.2) is 53.5 Å². The normalized spacial score (nSPS) is 10.9. The third-order valence-electron chi connectivity index (χ3n) is 4.17. The number of aryl methyl sites for hydroxylation is 1. The number of nitrogens with one attached hydrogen (secondary N) is 1. The third-order valence-corrected chi connectivity index (χ3v) is 5.18. The van der Waals surface area contributed by atoms with Crippen LogP contribution in [-0.2, 0) is 7.05 Å². The first kappa shape index (κ1) is 17.0. The van der Waals surface area contributed by atoms with Crippen molar-refractivity contribution >= 4 is 33.3 Å². The van der Waals surface area contributed by atoms with Gasteiger partial charge in [-0.3, -0.25) is 9.59 Å². The van der Waals surface area contributed by atoms with Crippen molar-refractivity contribution < 1.29 is 4.79 Å². The van der Waals surface area contributed by atoms with Gasteiger partial charge in [-0.1, -0.05) is 23.5 Å². The number of thiazole rings is 1. The summed E-state index contributed by atoms with van der Waals surface area (Å²) in [5.74, 6) is -0.378. The number of amides is 1. The van der Waals surface area contributed by atoms with Crippen molar-refractivity contribution in [3.8, 4) is 10.6 Å². The number of carbonyl (C=O) groups is 1. The lowest BCUT2D eigenvalue weighted by molar-refractivity contribution is 0.102. The number of carbonyl (C=O) groups excluding carboxylic acids is 1. The molecule has 0 saturated carbocycles. The van der Waals surface area contributed by atoms with Crippen LogP contribution in [0.4, 0.5) is 5.69 Å². The number of pyridine rings is 1. The Kier molecular flexibility index (Phi) is 4.25. The van der Waals surface area contributed by atoms with Gasteiger partial charge in [-0.05, 0) is 36.8 Å². The Balaban J connectivity index is 1.68.